The van der Waals surface area contributed by atoms with E-state index in [1.54, 1.807) is 0 Å². The Morgan fingerprint density at radius 2 is 0.980 bits per heavy atom. The van der Waals surface area contributed by atoms with Crippen molar-refractivity contribution in [1.82, 2.24) is 5.01 Å². The zero-order valence-corrected chi connectivity index (χ0v) is 27.9. The first kappa shape index (κ1) is 32.8. The third kappa shape index (κ3) is 9.03. The Kier molecular flexibility index (Phi) is 11.1. The summed E-state index contributed by atoms with van der Waals surface area (Å²) < 4.78 is 12.2. The van der Waals surface area contributed by atoms with Gasteiger partial charge in [-0.2, -0.15) is 0 Å². The molecular weight excluding hydrogens is 603 g/mol. The van der Waals surface area contributed by atoms with Crippen LogP contribution in [0.3, 0.4) is 0 Å². The number of nitrogens with zero attached hydrogens (tertiary/aromatic N) is 3. The van der Waals surface area contributed by atoms with E-state index in [-0.39, 0.29) is 0 Å². The minimum atomic E-state index is 0.504. The highest BCUT2D eigenvalue weighted by atomic mass is 16.5. The molecule has 0 saturated carbocycles. The van der Waals surface area contributed by atoms with Gasteiger partial charge in [-0.15, -0.1) is 5.11 Å². The zero-order chi connectivity index (χ0) is 33.7. The van der Waals surface area contributed by atoms with Crippen LogP contribution in [0.25, 0.3) is 22.3 Å². The molecule has 0 spiro atoms. The van der Waals surface area contributed by atoms with Crippen molar-refractivity contribution >= 4 is 5.69 Å². The van der Waals surface area contributed by atoms with Crippen LogP contribution in [-0.4, -0.2) is 18.1 Å². The standard InChI is InChI=1S/C44H39N3O2/c1-3-47(4-2)46-45-39-30-43(37-21-25-40(26-22-37)48-32-35-16-10-6-11-17-35)42(29-20-34-14-8-5-9-15-34)44(31-39)38-23-27-41(28-24-38)49-33-36-18-12-7-13-19-36/h5-19,21-28,30-31H,3-4,32-33H2,1-2H3. The van der Waals surface area contributed by atoms with Gasteiger partial charge in [0.05, 0.1) is 5.69 Å². The first-order chi connectivity index (χ1) is 24.2. The van der Waals surface area contributed by atoms with Crippen LogP contribution in [0, 0.1) is 11.8 Å². The molecular formula is C44H39N3O2. The van der Waals surface area contributed by atoms with Crippen LogP contribution in [-0.2, 0) is 13.2 Å². The Balaban J connectivity index is 1.40. The summed E-state index contributed by atoms with van der Waals surface area (Å²) in [6.07, 6.45) is 0. The molecule has 6 rings (SSSR count). The second kappa shape index (κ2) is 16.6. The molecule has 0 aliphatic carbocycles. The van der Waals surface area contributed by atoms with E-state index in [0.717, 1.165) is 74.8 Å². The topological polar surface area (TPSA) is 46.4 Å². The lowest BCUT2D eigenvalue weighted by Gasteiger charge is -2.15. The minimum absolute atomic E-state index is 0.504. The van der Waals surface area contributed by atoms with Gasteiger partial charge in [0.2, 0.25) is 0 Å². The summed E-state index contributed by atoms with van der Waals surface area (Å²) in [5.74, 6) is 8.54. The SMILES string of the molecule is CCN(CC)N=Nc1cc(-c2ccc(OCc3ccccc3)cc2)c(C#Cc2ccccc2)c(-c2ccc(OCc3ccccc3)cc2)c1. The summed E-state index contributed by atoms with van der Waals surface area (Å²) >= 11 is 0. The van der Waals surface area contributed by atoms with E-state index in [2.05, 4.69) is 91.6 Å². The monoisotopic (exact) mass is 641 g/mol. The molecule has 0 aromatic heterocycles. The lowest BCUT2D eigenvalue weighted by Crippen LogP contribution is -2.14. The van der Waals surface area contributed by atoms with Gasteiger partial charge < -0.3 is 9.47 Å². The van der Waals surface area contributed by atoms with Gasteiger partial charge >= 0.3 is 0 Å². The number of benzene rings is 6. The van der Waals surface area contributed by atoms with Gasteiger partial charge in [-0.1, -0.05) is 120 Å². The largest absolute Gasteiger partial charge is 0.489 e. The predicted molar refractivity (Wildman–Crippen MR) is 199 cm³/mol. The Bertz CT molecular complexity index is 1900. The van der Waals surface area contributed by atoms with E-state index < -0.39 is 0 Å². The Labute approximate surface area is 289 Å². The molecule has 6 aromatic carbocycles. The summed E-state index contributed by atoms with van der Waals surface area (Å²) in [6, 6.07) is 50.9. The van der Waals surface area contributed by atoms with E-state index >= 15 is 0 Å². The average molecular weight is 642 g/mol. The highest BCUT2D eigenvalue weighted by molar-refractivity contribution is 5.86. The quantitative estimate of drug-likeness (QED) is 0.0759. The normalized spacial score (nSPS) is 10.7. The molecule has 242 valence electrons. The first-order valence-electron chi connectivity index (χ1n) is 16.6. The Morgan fingerprint density at radius 3 is 1.43 bits per heavy atom. The van der Waals surface area contributed by atoms with Crippen molar-refractivity contribution < 1.29 is 9.47 Å². The van der Waals surface area contributed by atoms with E-state index in [9.17, 15) is 0 Å². The van der Waals surface area contributed by atoms with Crippen molar-refractivity contribution in [2.75, 3.05) is 13.1 Å². The van der Waals surface area contributed by atoms with Crippen molar-refractivity contribution in [2.24, 2.45) is 10.3 Å². The van der Waals surface area contributed by atoms with Crippen LogP contribution in [0.15, 0.2) is 162 Å². The first-order valence-corrected chi connectivity index (χ1v) is 16.6. The van der Waals surface area contributed by atoms with E-state index in [0.29, 0.717) is 13.2 Å². The number of hydrogen-bond acceptors (Lipinski definition) is 4. The molecule has 49 heavy (non-hydrogen) atoms. The molecule has 5 nitrogen and oxygen atoms in total. The van der Waals surface area contributed by atoms with Crippen molar-refractivity contribution in [3.8, 4) is 45.6 Å². The van der Waals surface area contributed by atoms with E-state index in [4.69, 9.17) is 14.6 Å². The fourth-order valence-corrected chi connectivity index (χ4v) is 5.34. The molecule has 0 aliphatic rings. The second-order valence-corrected chi connectivity index (χ2v) is 11.5. The van der Waals surface area contributed by atoms with Crippen molar-refractivity contribution in [1.29, 1.82) is 0 Å². The van der Waals surface area contributed by atoms with Crippen molar-refractivity contribution in [3.63, 3.8) is 0 Å². The van der Waals surface area contributed by atoms with Crippen LogP contribution < -0.4 is 9.47 Å². The molecule has 0 aliphatic heterocycles. The van der Waals surface area contributed by atoms with Gasteiger partial charge in [0, 0.05) is 35.3 Å². The molecule has 5 heteroatoms. The number of hydrogen-bond donors (Lipinski definition) is 0. The van der Waals surface area contributed by atoms with Gasteiger partial charge in [-0.05, 0) is 84.6 Å². The van der Waals surface area contributed by atoms with Gasteiger partial charge in [-0.3, -0.25) is 5.01 Å². The van der Waals surface area contributed by atoms with Gasteiger partial charge in [-0.25, -0.2) is 0 Å². The van der Waals surface area contributed by atoms with Crippen molar-refractivity contribution in [3.05, 3.63) is 174 Å². The summed E-state index contributed by atoms with van der Waals surface area (Å²) in [4.78, 5) is 0. The van der Waals surface area contributed by atoms with Gasteiger partial charge in [0.1, 0.15) is 24.7 Å². The Morgan fingerprint density at radius 1 is 0.531 bits per heavy atom. The molecule has 0 atom stereocenters. The summed E-state index contributed by atoms with van der Waals surface area (Å²) in [6.45, 7) is 6.70. The molecule has 0 amide bonds. The molecule has 0 bridgehead atoms. The maximum Gasteiger partial charge on any atom is 0.119 e. The zero-order valence-electron chi connectivity index (χ0n) is 27.9. The molecule has 6 aromatic rings. The van der Waals surface area contributed by atoms with E-state index in [1.807, 2.05) is 96.0 Å². The van der Waals surface area contributed by atoms with Crippen LogP contribution >= 0.6 is 0 Å². The molecule has 0 unspecified atom stereocenters. The van der Waals surface area contributed by atoms with Crippen LogP contribution in [0.2, 0.25) is 0 Å². The fraction of sp³-hybridized carbons (Fsp3) is 0.136. The molecule has 0 saturated heterocycles. The molecule has 0 N–H and O–H groups in total. The lowest BCUT2D eigenvalue weighted by molar-refractivity contribution is 0.301. The number of ether oxygens (including phenoxy) is 2. The van der Waals surface area contributed by atoms with Gasteiger partial charge in [0.25, 0.3) is 0 Å². The summed E-state index contributed by atoms with van der Waals surface area (Å²) in [7, 11) is 0. The maximum atomic E-state index is 6.11. The fourth-order valence-electron chi connectivity index (χ4n) is 5.34. The molecule has 0 radical (unpaired) electrons. The summed E-state index contributed by atoms with van der Waals surface area (Å²) in [5.41, 5.74) is 8.79. The third-order valence-corrected chi connectivity index (χ3v) is 8.07. The highest BCUT2D eigenvalue weighted by Crippen LogP contribution is 2.38. The van der Waals surface area contributed by atoms with Gasteiger partial charge in [0.15, 0.2) is 0 Å². The smallest absolute Gasteiger partial charge is 0.119 e. The van der Waals surface area contributed by atoms with Crippen molar-refractivity contribution in [2.45, 2.75) is 27.1 Å². The Hall–Kier alpha value is -6.12. The number of rotatable bonds is 12. The maximum absolute atomic E-state index is 6.11. The highest BCUT2D eigenvalue weighted by Gasteiger charge is 2.15. The molecule has 0 fully saturated rings. The van der Waals surface area contributed by atoms with Crippen LogP contribution in [0.1, 0.15) is 36.1 Å². The second-order valence-electron chi connectivity index (χ2n) is 11.5. The van der Waals surface area contributed by atoms with Crippen LogP contribution in [0.4, 0.5) is 5.69 Å². The predicted octanol–water partition coefficient (Wildman–Crippen LogP) is 10.9. The van der Waals surface area contributed by atoms with Crippen LogP contribution in [0.5, 0.6) is 11.5 Å². The average Bonchev–Trinajstić information content (AvgIpc) is 3.17. The molecule has 0 heterocycles. The summed E-state index contributed by atoms with van der Waals surface area (Å²) in [5, 5.41) is 11.2. The minimum Gasteiger partial charge on any atom is -0.489 e. The lowest BCUT2D eigenvalue weighted by atomic mass is 9.91. The third-order valence-electron chi connectivity index (χ3n) is 8.07. The van der Waals surface area contributed by atoms with E-state index in [1.165, 1.54) is 0 Å².